The van der Waals surface area contributed by atoms with Gasteiger partial charge < -0.3 is 29.8 Å². The average molecular weight is 371 g/mol. The predicted octanol–water partition coefficient (Wildman–Crippen LogP) is -3.04. The number of ether oxygens (including phenoxy) is 1. The monoisotopic (exact) mass is 371 g/mol. The maximum absolute atomic E-state index is 11.8. The molecular formula is C10H13N2O11P. The SMILES string of the molecule is O=c1cc([13C](=O)O)n([C@@H]2O[C@H](COP(=O)(O)O)[C@@H](O)[C@H]2O)c(=[18O])[nH]1. The minimum atomic E-state index is -4.88. The Kier molecular flexibility index (Phi) is 5.05. The standard InChI is InChI=1S/C10H13N2O11P/c13-5-1-3(9(16)17)12(10(18)11-5)8-7(15)6(14)4(23-8)2-22-24(19,20)21/h1,4,6-8,14-15H,2H2,(H,16,17)(H,11,13,18)(H2,19,20,21)/t4-,6-,7-,8-/m1/s1/i9+1,18+2. The number of carboxylic acids is 1. The Bertz CT molecular complexity index is 795. The van der Waals surface area contributed by atoms with Crippen molar-refractivity contribution in [3.63, 3.8) is 0 Å². The molecule has 0 bridgehead atoms. The molecule has 0 radical (unpaired) electrons. The van der Waals surface area contributed by atoms with E-state index in [1.54, 1.807) is 4.98 Å². The highest BCUT2D eigenvalue weighted by molar-refractivity contribution is 7.46. The van der Waals surface area contributed by atoms with E-state index in [9.17, 15) is 29.2 Å². The van der Waals surface area contributed by atoms with Crippen LogP contribution in [-0.4, -0.2) is 65.5 Å². The average Bonchev–Trinajstić information content (AvgIpc) is 2.71. The number of aromatic amines is 1. The lowest BCUT2D eigenvalue weighted by Crippen LogP contribution is -2.40. The molecule has 0 saturated carbocycles. The van der Waals surface area contributed by atoms with E-state index < -0.39 is 61.9 Å². The Morgan fingerprint density at radius 3 is 2.58 bits per heavy atom. The molecular weight excluding hydrogens is 358 g/mol. The van der Waals surface area contributed by atoms with Crippen molar-refractivity contribution >= 4 is 13.8 Å². The number of aromatic nitrogens is 2. The summed E-state index contributed by atoms with van der Waals surface area (Å²) in [5.74, 6) is -1.67. The maximum Gasteiger partial charge on any atom is 0.469 e. The number of phosphoric acid groups is 1. The lowest BCUT2D eigenvalue weighted by molar-refractivity contribution is -0.0555. The summed E-state index contributed by atoms with van der Waals surface area (Å²) in [4.78, 5) is 53.2. The summed E-state index contributed by atoms with van der Waals surface area (Å²) in [6, 6.07) is 0.575. The highest BCUT2D eigenvalue weighted by Gasteiger charge is 2.46. The third-order valence-electron chi connectivity index (χ3n) is 3.19. The molecule has 0 aliphatic carbocycles. The van der Waals surface area contributed by atoms with E-state index >= 15 is 0 Å². The van der Waals surface area contributed by atoms with Crippen molar-refractivity contribution in [3.8, 4) is 0 Å². The van der Waals surface area contributed by atoms with Crippen molar-refractivity contribution in [2.45, 2.75) is 24.5 Å². The van der Waals surface area contributed by atoms with Gasteiger partial charge in [-0.3, -0.25) is 18.9 Å². The summed E-state index contributed by atoms with van der Waals surface area (Å²) in [6.07, 6.45) is -6.74. The molecule has 13 nitrogen and oxygen atoms in total. The zero-order valence-corrected chi connectivity index (χ0v) is 12.6. The van der Waals surface area contributed by atoms with Crippen LogP contribution in [0, 0.1) is 0 Å². The maximum atomic E-state index is 11.8. The van der Waals surface area contributed by atoms with Crippen LogP contribution in [-0.2, 0) is 13.8 Å². The van der Waals surface area contributed by atoms with Gasteiger partial charge in [-0.05, 0) is 0 Å². The van der Waals surface area contributed by atoms with E-state index in [4.69, 9.17) is 19.6 Å². The molecule has 24 heavy (non-hydrogen) atoms. The van der Waals surface area contributed by atoms with E-state index in [-0.39, 0.29) is 0 Å². The Balaban J connectivity index is 2.37. The van der Waals surface area contributed by atoms with Gasteiger partial charge in [-0.1, -0.05) is 0 Å². The third-order valence-corrected chi connectivity index (χ3v) is 3.68. The number of nitrogens with one attached hydrogen (secondary N) is 1. The Labute approximate surface area is 131 Å². The first kappa shape index (κ1) is 18.5. The predicted molar refractivity (Wildman–Crippen MR) is 72.2 cm³/mol. The molecule has 1 aliphatic heterocycles. The molecule has 0 aromatic carbocycles. The summed E-state index contributed by atoms with van der Waals surface area (Å²) >= 11 is 0. The van der Waals surface area contributed by atoms with Gasteiger partial charge in [-0.15, -0.1) is 0 Å². The largest absolute Gasteiger partial charge is 0.477 e. The van der Waals surface area contributed by atoms with E-state index in [0.717, 1.165) is 0 Å². The number of rotatable bonds is 5. The number of nitrogens with zero attached hydrogens (tertiary/aromatic N) is 1. The first-order valence-electron chi connectivity index (χ1n) is 6.32. The van der Waals surface area contributed by atoms with Gasteiger partial charge >= 0.3 is 19.5 Å². The highest BCUT2D eigenvalue weighted by Crippen LogP contribution is 2.38. The third kappa shape index (κ3) is 3.79. The van der Waals surface area contributed by atoms with Gasteiger partial charge in [0.1, 0.15) is 24.0 Å². The molecule has 0 amide bonds. The lowest BCUT2D eigenvalue weighted by atomic mass is 10.1. The topological polar surface area (TPSA) is 209 Å². The van der Waals surface area contributed by atoms with Gasteiger partial charge in [0.05, 0.1) is 6.61 Å². The minimum Gasteiger partial charge on any atom is -0.477 e. The number of aliphatic hydroxyl groups is 2. The fourth-order valence-corrected chi connectivity index (χ4v) is 2.51. The zero-order valence-electron chi connectivity index (χ0n) is 11.7. The van der Waals surface area contributed by atoms with Crippen LogP contribution in [0.3, 0.4) is 0 Å². The van der Waals surface area contributed by atoms with Gasteiger partial charge in [-0.2, -0.15) is 0 Å². The number of carboxylic acid groups (broad SMARTS) is 1. The quantitative estimate of drug-likeness (QED) is 0.174. The van der Waals surface area contributed by atoms with Crippen LogP contribution >= 0.6 is 7.82 Å². The van der Waals surface area contributed by atoms with Crippen LogP contribution < -0.4 is 11.2 Å². The van der Waals surface area contributed by atoms with Crippen molar-refractivity contribution in [3.05, 3.63) is 32.6 Å². The second kappa shape index (κ2) is 6.57. The number of carbonyl (C=O) groups is 1. The molecule has 4 atom stereocenters. The van der Waals surface area contributed by atoms with E-state index in [1.807, 2.05) is 0 Å². The van der Waals surface area contributed by atoms with Crippen molar-refractivity contribution < 1.29 is 43.7 Å². The van der Waals surface area contributed by atoms with E-state index in [1.165, 1.54) is 0 Å². The van der Waals surface area contributed by atoms with Crippen LogP contribution in [0.1, 0.15) is 16.7 Å². The summed E-state index contributed by atoms with van der Waals surface area (Å²) in [6.45, 7) is -0.834. The normalized spacial score (nSPS) is 27.3. The number of aromatic carboxylic acids is 1. The van der Waals surface area contributed by atoms with Gasteiger partial charge in [0.15, 0.2) is 6.23 Å². The number of aliphatic hydroxyl groups excluding tert-OH is 2. The molecule has 134 valence electrons. The molecule has 2 heterocycles. The van der Waals surface area contributed by atoms with Gasteiger partial charge in [0.25, 0.3) is 5.56 Å². The molecule has 1 aromatic heterocycles. The van der Waals surface area contributed by atoms with Crippen LogP contribution in [0.4, 0.5) is 0 Å². The smallest absolute Gasteiger partial charge is 0.469 e. The minimum absolute atomic E-state index is 0.398. The number of hydrogen-bond acceptors (Lipinski definition) is 8. The van der Waals surface area contributed by atoms with Crippen molar-refractivity contribution in [1.29, 1.82) is 0 Å². The lowest BCUT2D eigenvalue weighted by Gasteiger charge is -2.19. The number of phosphoric ester groups is 1. The Morgan fingerprint density at radius 2 is 2.04 bits per heavy atom. The fourth-order valence-electron chi connectivity index (χ4n) is 2.17. The first-order chi connectivity index (χ1) is 11.0. The van der Waals surface area contributed by atoms with Crippen molar-refractivity contribution in [1.82, 2.24) is 9.55 Å². The summed E-state index contributed by atoms with van der Waals surface area (Å²) in [7, 11) is -4.88. The Hall–Kier alpha value is -1.86. The zero-order chi connectivity index (χ0) is 18.2. The molecule has 14 heteroatoms. The van der Waals surface area contributed by atoms with Crippen LogP contribution in [0.25, 0.3) is 0 Å². The van der Waals surface area contributed by atoms with Gasteiger partial charge in [0.2, 0.25) is 0 Å². The molecule has 6 N–H and O–H groups in total. The Morgan fingerprint density at radius 1 is 1.42 bits per heavy atom. The molecule has 1 fully saturated rings. The van der Waals surface area contributed by atoms with Gasteiger partial charge in [0, 0.05) is 6.07 Å². The van der Waals surface area contributed by atoms with Crippen LogP contribution in [0.5, 0.6) is 0 Å². The van der Waals surface area contributed by atoms with Crippen LogP contribution in [0.2, 0.25) is 0 Å². The molecule has 1 aromatic rings. The fraction of sp³-hybridized carbons (Fsp3) is 0.500. The molecule has 0 spiro atoms. The summed E-state index contributed by atoms with van der Waals surface area (Å²) < 4.78 is 20.3. The molecule has 1 aliphatic rings. The molecule has 0 unspecified atom stereocenters. The van der Waals surface area contributed by atoms with Crippen molar-refractivity contribution in [2.24, 2.45) is 0 Å². The van der Waals surface area contributed by atoms with Gasteiger partial charge in [-0.25, -0.2) is 14.2 Å². The second-order valence-corrected chi connectivity index (χ2v) is 6.07. The molecule has 2 rings (SSSR count). The summed E-state index contributed by atoms with van der Waals surface area (Å²) in [5, 5.41) is 28.8. The second-order valence-electron chi connectivity index (χ2n) is 4.83. The van der Waals surface area contributed by atoms with E-state index in [2.05, 4.69) is 4.52 Å². The number of hydrogen-bond donors (Lipinski definition) is 6. The summed E-state index contributed by atoms with van der Waals surface area (Å²) in [5.41, 5.74) is -3.02. The molecule has 1 saturated heterocycles. The van der Waals surface area contributed by atoms with Crippen molar-refractivity contribution in [2.75, 3.05) is 6.61 Å². The highest BCUT2D eigenvalue weighted by atomic mass is 31.2. The first-order valence-corrected chi connectivity index (χ1v) is 7.85. The number of H-pyrrole nitrogens is 1. The van der Waals surface area contributed by atoms with E-state index in [0.29, 0.717) is 10.6 Å². The van der Waals surface area contributed by atoms with Crippen LogP contribution in [0.15, 0.2) is 15.7 Å².